The predicted molar refractivity (Wildman–Crippen MR) is 97.9 cm³/mol. The Balaban J connectivity index is 1.73. The highest BCUT2D eigenvalue weighted by atomic mass is 16.1. The standard InChI is InChI=1S/C19H23N5O/c1-12-10-13(2)24(21-12)11-16-6-8-17(9-7-16)19(25)20-18-14(3)22-23(5)15(18)4/h6-10H,11H2,1-5H3,(H,20,25). The zero-order chi connectivity index (χ0) is 18.1. The molecule has 0 bridgehead atoms. The summed E-state index contributed by atoms with van der Waals surface area (Å²) in [4.78, 5) is 12.5. The first-order chi connectivity index (χ1) is 11.8. The molecule has 0 unspecified atom stereocenters. The van der Waals surface area contributed by atoms with Gasteiger partial charge in [0.2, 0.25) is 0 Å². The molecule has 3 rings (SSSR count). The minimum Gasteiger partial charge on any atom is -0.319 e. The van der Waals surface area contributed by atoms with Crippen LogP contribution in [0.1, 0.15) is 38.7 Å². The Morgan fingerprint density at radius 1 is 1.08 bits per heavy atom. The molecule has 6 nitrogen and oxygen atoms in total. The average molecular weight is 337 g/mol. The van der Waals surface area contributed by atoms with Gasteiger partial charge in [0.25, 0.3) is 5.91 Å². The number of carbonyl (C=O) groups is 1. The molecule has 1 amide bonds. The van der Waals surface area contributed by atoms with Crippen molar-refractivity contribution in [3.8, 4) is 0 Å². The smallest absolute Gasteiger partial charge is 0.255 e. The van der Waals surface area contributed by atoms with Crippen molar-refractivity contribution >= 4 is 11.6 Å². The van der Waals surface area contributed by atoms with Crippen LogP contribution in [0.5, 0.6) is 0 Å². The molecule has 25 heavy (non-hydrogen) atoms. The third-order valence-electron chi connectivity index (χ3n) is 4.40. The van der Waals surface area contributed by atoms with E-state index in [-0.39, 0.29) is 5.91 Å². The van der Waals surface area contributed by atoms with Crippen LogP contribution in [0.15, 0.2) is 30.3 Å². The molecule has 0 saturated carbocycles. The Kier molecular flexibility index (Phi) is 4.44. The van der Waals surface area contributed by atoms with Crippen LogP contribution >= 0.6 is 0 Å². The highest BCUT2D eigenvalue weighted by Crippen LogP contribution is 2.19. The molecule has 2 aromatic heterocycles. The van der Waals surface area contributed by atoms with E-state index in [0.717, 1.165) is 34.0 Å². The topological polar surface area (TPSA) is 64.7 Å². The van der Waals surface area contributed by atoms with Crippen molar-refractivity contribution in [2.45, 2.75) is 34.2 Å². The van der Waals surface area contributed by atoms with Crippen molar-refractivity contribution < 1.29 is 4.79 Å². The van der Waals surface area contributed by atoms with Crippen LogP contribution in [0.4, 0.5) is 5.69 Å². The number of aryl methyl sites for hydroxylation is 4. The third kappa shape index (κ3) is 3.47. The molecule has 0 aliphatic carbocycles. The number of aromatic nitrogens is 4. The van der Waals surface area contributed by atoms with Crippen LogP contribution in [-0.4, -0.2) is 25.5 Å². The molecular formula is C19H23N5O. The molecule has 0 aliphatic heterocycles. The van der Waals surface area contributed by atoms with E-state index < -0.39 is 0 Å². The predicted octanol–water partition coefficient (Wildman–Crippen LogP) is 3.15. The highest BCUT2D eigenvalue weighted by Gasteiger charge is 2.14. The maximum absolute atomic E-state index is 12.5. The van der Waals surface area contributed by atoms with Crippen molar-refractivity contribution in [3.05, 3.63) is 64.2 Å². The van der Waals surface area contributed by atoms with Crippen LogP contribution in [0.2, 0.25) is 0 Å². The summed E-state index contributed by atoms with van der Waals surface area (Å²) in [5.41, 5.74) is 6.40. The summed E-state index contributed by atoms with van der Waals surface area (Å²) in [6, 6.07) is 9.68. The van der Waals surface area contributed by atoms with Crippen LogP contribution in [0, 0.1) is 27.7 Å². The minimum atomic E-state index is -0.128. The summed E-state index contributed by atoms with van der Waals surface area (Å²) in [5.74, 6) is -0.128. The first-order valence-electron chi connectivity index (χ1n) is 8.26. The Labute approximate surface area is 147 Å². The average Bonchev–Trinajstić information content (AvgIpc) is 3.00. The van der Waals surface area contributed by atoms with E-state index in [2.05, 4.69) is 21.6 Å². The van der Waals surface area contributed by atoms with Gasteiger partial charge in [0.1, 0.15) is 0 Å². The second-order valence-corrected chi connectivity index (χ2v) is 6.41. The summed E-state index contributed by atoms with van der Waals surface area (Å²) in [5, 5.41) is 11.7. The number of hydrogen-bond acceptors (Lipinski definition) is 3. The molecule has 0 aliphatic rings. The minimum absolute atomic E-state index is 0.128. The Bertz CT molecular complexity index is 918. The van der Waals surface area contributed by atoms with Gasteiger partial charge in [0.05, 0.1) is 29.3 Å². The van der Waals surface area contributed by atoms with Crippen LogP contribution in [-0.2, 0) is 13.6 Å². The second-order valence-electron chi connectivity index (χ2n) is 6.41. The first kappa shape index (κ1) is 17.0. The number of hydrogen-bond donors (Lipinski definition) is 1. The summed E-state index contributed by atoms with van der Waals surface area (Å²) in [6.45, 7) is 8.55. The molecule has 1 aromatic carbocycles. The molecule has 1 N–H and O–H groups in total. The molecule has 2 heterocycles. The van der Waals surface area contributed by atoms with E-state index in [1.807, 2.05) is 63.7 Å². The maximum atomic E-state index is 12.5. The van der Waals surface area contributed by atoms with Crippen LogP contribution in [0.3, 0.4) is 0 Å². The lowest BCUT2D eigenvalue weighted by Gasteiger charge is -2.08. The monoisotopic (exact) mass is 337 g/mol. The van der Waals surface area contributed by atoms with Gasteiger partial charge >= 0.3 is 0 Å². The highest BCUT2D eigenvalue weighted by molar-refractivity contribution is 6.04. The summed E-state index contributed by atoms with van der Waals surface area (Å²) >= 11 is 0. The van der Waals surface area contributed by atoms with E-state index in [0.29, 0.717) is 12.1 Å². The van der Waals surface area contributed by atoms with Gasteiger partial charge in [-0.3, -0.25) is 14.2 Å². The van der Waals surface area contributed by atoms with E-state index in [9.17, 15) is 4.79 Å². The van der Waals surface area contributed by atoms with Crippen molar-refractivity contribution in [1.82, 2.24) is 19.6 Å². The van der Waals surface area contributed by atoms with Gasteiger partial charge in [-0.15, -0.1) is 0 Å². The summed E-state index contributed by atoms with van der Waals surface area (Å²) in [6.07, 6.45) is 0. The Hall–Kier alpha value is -2.89. The van der Waals surface area contributed by atoms with Crippen LogP contribution < -0.4 is 5.32 Å². The van der Waals surface area contributed by atoms with Crippen LogP contribution in [0.25, 0.3) is 0 Å². The van der Waals surface area contributed by atoms with Gasteiger partial charge in [-0.05, 0) is 51.5 Å². The summed E-state index contributed by atoms with van der Waals surface area (Å²) in [7, 11) is 1.87. The lowest BCUT2D eigenvalue weighted by Crippen LogP contribution is -2.13. The zero-order valence-electron chi connectivity index (χ0n) is 15.3. The number of carbonyl (C=O) groups excluding carboxylic acids is 1. The molecular weight excluding hydrogens is 314 g/mol. The van der Waals surface area contributed by atoms with E-state index >= 15 is 0 Å². The fraction of sp³-hybridized carbons (Fsp3) is 0.316. The van der Waals surface area contributed by atoms with Crippen molar-refractivity contribution in [2.24, 2.45) is 7.05 Å². The maximum Gasteiger partial charge on any atom is 0.255 e. The van der Waals surface area contributed by atoms with E-state index in [4.69, 9.17) is 0 Å². The second kappa shape index (κ2) is 6.55. The van der Waals surface area contributed by atoms with Crippen molar-refractivity contribution in [2.75, 3.05) is 5.32 Å². The molecule has 3 aromatic rings. The van der Waals surface area contributed by atoms with Gasteiger partial charge in [0.15, 0.2) is 0 Å². The number of amides is 1. The van der Waals surface area contributed by atoms with Gasteiger partial charge in [-0.1, -0.05) is 12.1 Å². The molecule has 6 heteroatoms. The normalized spacial score (nSPS) is 10.9. The quantitative estimate of drug-likeness (QED) is 0.795. The Morgan fingerprint density at radius 3 is 2.28 bits per heavy atom. The zero-order valence-corrected chi connectivity index (χ0v) is 15.3. The molecule has 0 spiro atoms. The van der Waals surface area contributed by atoms with Gasteiger partial charge in [-0.25, -0.2) is 0 Å². The first-order valence-corrected chi connectivity index (χ1v) is 8.26. The van der Waals surface area contributed by atoms with Gasteiger partial charge < -0.3 is 5.32 Å². The van der Waals surface area contributed by atoms with Gasteiger partial charge in [0, 0.05) is 18.3 Å². The molecule has 0 saturated heterocycles. The molecule has 130 valence electrons. The number of benzene rings is 1. The number of rotatable bonds is 4. The van der Waals surface area contributed by atoms with E-state index in [1.54, 1.807) is 4.68 Å². The number of anilines is 1. The number of nitrogens with zero attached hydrogens (tertiary/aromatic N) is 4. The van der Waals surface area contributed by atoms with Crippen molar-refractivity contribution in [1.29, 1.82) is 0 Å². The molecule has 0 atom stereocenters. The fourth-order valence-corrected chi connectivity index (χ4v) is 2.91. The molecule has 0 radical (unpaired) electrons. The summed E-state index contributed by atoms with van der Waals surface area (Å²) < 4.78 is 3.73. The lowest BCUT2D eigenvalue weighted by molar-refractivity contribution is 0.102. The Morgan fingerprint density at radius 2 is 1.76 bits per heavy atom. The lowest BCUT2D eigenvalue weighted by atomic mass is 10.1. The van der Waals surface area contributed by atoms with Crippen molar-refractivity contribution in [3.63, 3.8) is 0 Å². The third-order valence-corrected chi connectivity index (χ3v) is 4.40. The molecule has 0 fully saturated rings. The van der Waals surface area contributed by atoms with E-state index in [1.165, 1.54) is 0 Å². The fourth-order valence-electron chi connectivity index (χ4n) is 2.91. The SMILES string of the molecule is Cc1cc(C)n(Cc2ccc(C(=O)Nc3c(C)nn(C)c3C)cc2)n1. The largest absolute Gasteiger partial charge is 0.319 e. The van der Waals surface area contributed by atoms with Gasteiger partial charge in [-0.2, -0.15) is 10.2 Å². The number of nitrogens with one attached hydrogen (secondary N) is 1.